The molecule has 0 aromatic carbocycles. The molecule has 8 heteroatoms. The van der Waals surface area contributed by atoms with Gasteiger partial charge in [0.2, 0.25) is 0 Å². The van der Waals surface area contributed by atoms with Crippen LogP contribution in [0.1, 0.15) is 26.0 Å². The molecule has 2 amide bonds. The number of hydrogen-bond acceptors (Lipinski definition) is 5. The molecular formula is C18H22N4O4. The highest BCUT2D eigenvalue weighted by atomic mass is 16.4. The van der Waals surface area contributed by atoms with Crippen molar-refractivity contribution in [3.05, 3.63) is 35.7 Å². The number of β-lactam (4-membered cyclic amide) rings is 1. The zero-order chi connectivity index (χ0) is 19.1. The predicted octanol–water partition coefficient (Wildman–Crippen LogP) is 0.00400. The van der Waals surface area contributed by atoms with Gasteiger partial charge < -0.3 is 21.1 Å². The Balaban J connectivity index is 2.06. The fraction of sp³-hybridized carbons (Fsp3) is 0.444. The molecule has 0 radical (unpaired) electrons. The highest BCUT2D eigenvalue weighted by molar-refractivity contribution is 6.28. The third-order valence-corrected chi connectivity index (χ3v) is 4.95. The number of nitrogens with one attached hydrogen (secondary N) is 1. The maximum atomic E-state index is 12.8. The van der Waals surface area contributed by atoms with Gasteiger partial charge in [-0.1, -0.05) is 19.9 Å². The summed E-state index contributed by atoms with van der Waals surface area (Å²) in [6.45, 7) is 4.19. The summed E-state index contributed by atoms with van der Waals surface area (Å²) in [4.78, 5) is 42.8. The summed E-state index contributed by atoms with van der Waals surface area (Å²) in [5.74, 6) is -1.87. The molecule has 4 N–H and O–H groups in total. The van der Waals surface area contributed by atoms with Gasteiger partial charge in [0.1, 0.15) is 6.04 Å². The normalized spacial score (nSPS) is 25.3. The number of carboxylic acids is 1. The lowest BCUT2D eigenvalue weighted by Crippen LogP contribution is -2.58. The molecule has 2 aliphatic heterocycles. The first kappa shape index (κ1) is 18.1. The Morgan fingerprint density at radius 2 is 2.15 bits per heavy atom. The average molecular weight is 358 g/mol. The molecule has 26 heavy (non-hydrogen) atoms. The van der Waals surface area contributed by atoms with Crippen LogP contribution < -0.4 is 11.1 Å². The Labute approximate surface area is 151 Å². The monoisotopic (exact) mass is 358 g/mol. The van der Waals surface area contributed by atoms with Crippen molar-refractivity contribution >= 4 is 23.4 Å². The number of carboxylic acid groups (broad SMARTS) is 1. The number of nitrogens with zero attached hydrogens (tertiary/aromatic N) is 2. The number of pyridine rings is 1. The van der Waals surface area contributed by atoms with Crippen molar-refractivity contribution in [2.75, 3.05) is 13.1 Å². The number of hydrogen-bond donors (Lipinski definition) is 3. The summed E-state index contributed by atoms with van der Waals surface area (Å²) >= 11 is 0. The Bertz CT molecular complexity index is 788. The van der Waals surface area contributed by atoms with E-state index in [1.165, 1.54) is 4.90 Å². The largest absolute Gasteiger partial charge is 0.480 e. The van der Waals surface area contributed by atoms with E-state index in [1.807, 2.05) is 13.8 Å². The van der Waals surface area contributed by atoms with Crippen molar-refractivity contribution in [2.45, 2.75) is 32.4 Å². The topological polar surface area (TPSA) is 126 Å². The molecule has 8 nitrogen and oxygen atoms in total. The first-order valence-corrected chi connectivity index (χ1v) is 8.49. The maximum Gasteiger partial charge on any atom is 0.327 e. The molecular weight excluding hydrogens is 336 g/mol. The van der Waals surface area contributed by atoms with E-state index in [-0.39, 0.29) is 18.7 Å². The summed E-state index contributed by atoms with van der Waals surface area (Å²) < 4.78 is 0. The third kappa shape index (κ3) is 2.76. The highest BCUT2D eigenvalue weighted by Crippen LogP contribution is 2.50. The highest BCUT2D eigenvalue weighted by Gasteiger charge is 2.61. The number of carbonyl (C=O) groups excluding carboxylic acids is 2. The van der Waals surface area contributed by atoms with E-state index < -0.39 is 35.3 Å². The molecule has 138 valence electrons. The second kappa shape index (κ2) is 6.53. The number of fused-ring (bicyclic) bond motifs is 1. The fourth-order valence-corrected chi connectivity index (χ4v) is 3.87. The lowest BCUT2D eigenvalue weighted by Gasteiger charge is -2.41. The van der Waals surface area contributed by atoms with Crippen LogP contribution in [0.4, 0.5) is 0 Å². The molecule has 1 aromatic rings. The van der Waals surface area contributed by atoms with Gasteiger partial charge in [-0.2, -0.15) is 0 Å². The lowest BCUT2D eigenvalue weighted by molar-refractivity contribution is -0.154. The first-order chi connectivity index (χ1) is 12.3. The predicted molar refractivity (Wildman–Crippen MR) is 93.7 cm³/mol. The van der Waals surface area contributed by atoms with E-state index in [4.69, 9.17) is 5.73 Å². The minimum absolute atomic E-state index is 0.201. The maximum absolute atomic E-state index is 12.8. The van der Waals surface area contributed by atoms with E-state index in [0.717, 1.165) is 0 Å². The number of nitrogens with two attached hydrogens (primary N) is 1. The van der Waals surface area contributed by atoms with Crippen LogP contribution >= 0.6 is 0 Å². The van der Waals surface area contributed by atoms with Crippen molar-refractivity contribution in [3.63, 3.8) is 0 Å². The number of carbonyl (C=O) groups is 3. The van der Waals surface area contributed by atoms with Crippen molar-refractivity contribution in [1.82, 2.24) is 15.2 Å². The molecule has 2 atom stereocenters. The fourth-order valence-electron chi connectivity index (χ4n) is 3.87. The summed E-state index contributed by atoms with van der Waals surface area (Å²) in [5.41, 5.74) is 5.79. The first-order valence-electron chi connectivity index (χ1n) is 8.49. The summed E-state index contributed by atoms with van der Waals surface area (Å²) in [6.07, 6.45) is 2.02. The molecule has 2 fully saturated rings. The Morgan fingerprint density at radius 1 is 1.42 bits per heavy atom. The van der Waals surface area contributed by atoms with Gasteiger partial charge >= 0.3 is 5.97 Å². The van der Waals surface area contributed by atoms with Gasteiger partial charge in [0.25, 0.3) is 11.8 Å². The van der Waals surface area contributed by atoms with Crippen LogP contribution in [0, 0.1) is 5.41 Å². The second-order valence-corrected chi connectivity index (χ2v) is 7.21. The molecule has 2 saturated heterocycles. The van der Waals surface area contributed by atoms with E-state index in [9.17, 15) is 19.5 Å². The van der Waals surface area contributed by atoms with Gasteiger partial charge in [-0.05, 0) is 24.0 Å². The second-order valence-electron chi connectivity index (χ2n) is 7.21. The minimum atomic E-state index is -1.03. The van der Waals surface area contributed by atoms with Crippen LogP contribution in [0.3, 0.4) is 0 Å². The van der Waals surface area contributed by atoms with Crippen molar-refractivity contribution in [3.8, 4) is 0 Å². The zero-order valence-corrected chi connectivity index (χ0v) is 14.7. The van der Waals surface area contributed by atoms with Gasteiger partial charge in [-0.15, -0.1) is 0 Å². The van der Waals surface area contributed by atoms with E-state index in [1.54, 1.807) is 24.4 Å². The summed E-state index contributed by atoms with van der Waals surface area (Å²) in [6, 6.07) is 3.81. The van der Waals surface area contributed by atoms with E-state index >= 15 is 0 Å². The van der Waals surface area contributed by atoms with Gasteiger partial charge in [-0.3, -0.25) is 14.6 Å². The lowest BCUT2D eigenvalue weighted by atomic mass is 9.82. The van der Waals surface area contributed by atoms with Crippen molar-refractivity contribution < 1.29 is 19.5 Å². The number of amides is 2. The van der Waals surface area contributed by atoms with Gasteiger partial charge in [0.05, 0.1) is 22.9 Å². The standard InChI is InChI=1S/C18H22N4O4/c1-18(2)9-11-13(16(24)22(11)14(18)17(25)26)12(15(23)21-8-6-19)10-5-3-4-7-20-10/h3-5,7,11,14H,6,8-9,19H2,1-2H3,(H,21,23)(H,25,26)/b13-12-/t11?,14-/m0/s1. The Kier molecular flexibility index (Phi) is 4.53. The molecule has 0 aliphatic carbocycles. The van der Waals surface area contributed by atoms with Crippen molar-refractivity contribution in [1.29, 1.82) is 0 Å². The number of aliphatic carboxylic acids is 1. The zero-order valence-electron chi connectivity index (χ0n) is 14.7. The molecule has 1 aromatic heterocycles. The van der Waals surface area contributed by atoms with Crippen LogP contribution in [0.2, 0.25) is 0 Å². The van der Waals surface area contributed by atoms with Crippen LogP contribution in [0.15, 0.2) is 30.0 Å². The van der Waals surface area contributed by atoms with E-state index in [0.29, 0.717) is 17.7 Å². The number of aromatic nitrogens is 1. The molecule has 3 rings (SSSR count). The summed E-state index contributed by atoms with van der Waals surface area (Å²) in [7, 11) is 0. The molecule has 0 spiro atoms. The average Bonchev–Trinajstić information content (AvgIpc) is 2.86. The molecule has 0 bridgehead atoms. The smallest absolute Gasteiger partial charge is 0.327 e. The Hall–Kier alpha value is -2.74. The van der Waals surface area contributed by atoms with Gasteiger partial charge in [-0.25, -0.2) is 4.79 Å². The molecule has 3 heterocycles. The van der Waals surface area contributed by atoms with Crippen LogP contribution in [0.5, 0.6) is 0 Å². The Morgan fingerprint density at radius 3 is 2.73 bits per heavy atom. The SMILES string of the molecule is CC1(C)CC2/C(=C(/C(=O)NCCN)c3ccccn3)C(=O)N2[C@H]1C(=O)O. The van der Waals surface area contributed by atoms with Crippen LogP contribution in [-0.4, -0.2) is 57.9 Å². The van der Waals surface area contributed by atoms with Gasteiger partial charge in [0, 0.05) is 19.3 Å². The van der Waals surface area contributed by atoms with Crippen LogP contribution in [0.25, 0.3) is 5.57 Å². The number of rotatable bonds is 5. The molecule has 0 saturated carbocycles. The third-order valence-electron chi connectivity index (χ3n) is 4.95. The van der Waals surface area contributed by atoms with E-state index in [2.05, 4.69) is 10.3 Å². The minimum Gasteiger partial charge on any atom is -0.480 e. The molecule has 2 aliphatic rings. The van der Waals surface area contributed by atoms with Crippen molar-refractivity contribution in [2.24, 2.45) is 11.1 Å². The van der Waals surface area contributed by atoms with Gasteiger partial charge in [0.15, 0.2) is 0 Å². The van der Waals surface area contributed by atoms with Crippen LogP contribution in [-0.2, 0) is 14.4 Å². The molecule has 1 unspecified atom stereocenters. The summed E-state index contributed by atoms with van der Waals surface area (Å²) in [5, 5.41) is 12.2. The quantitative estimate of drug-likeness (QED) is 0.503.